The van der Waals surface area contributed by atoms with Gasteiger partial charge in [0.05, 0.1) is 0 Å². The smallest absolute Gasteiger partial charge is 0.329 e. The van der Waals surface area contributed by atoms with Crippen LogP contribution in [0, 0.1) is 5.92 Å². The highest BCUT2D eigenvalue weighted by molar-refractivity contribution is 5.87. The molecule has 1 saturated heterocycles. The van der Waals surface area contributed by atoms with Crippen molar-refractivity contribution >= 4 is 18.3 Å². The molecule has 1 saturated carbocycles. The fourth-order valence-corrected chi connectivity index (χ4v) is 3.54. The lowest BCUT2D eigenvalue weighted by Crippen LogP contribution is -2.52. The first-order chi connectivity index (χ1) is 10.9. The van der Waals surface area contributed by atoms with Gasteiger partial charge in [-0.2, -0.15) is 0 Å². The standard InChI is InChI=1S/C15H26N2O3.CH2O2/c1-17-10-4-5-12(11-17)6-7-13(18)16-15(14(19)20)8-2-3-9-15;2-1-3/h12H,2-11H2,1H3,(H,16,18)(H,19,20);1H,(H,2,3). The van der Waals surface area contributed by atoms with Crippen LogP contribution in [0.5, 0.6) is 0 Å². The third-order valence-corrected chi connectivity index (χ3v) is 4.75. The monoisotopic (exact) mass is 328 g/mol. The Kier molecular flexibility index (Phi) is 8.02. The number of piperidine rings is 1. The van der Waals surface area contributed by atoms with Gasteiger partial charge in [-0.05, 0) is 51.6 Å². The molecule has 1 heterocycles. The zero-order valence-electron chi connectivity index (χ0n) is 13.8. The highest BCUT2D eigenvalue weighted by Gasteiger charge is 2.42. The Morgan fingerprint density at radius 2 is 1.91 bits per heavy atom. The predicted octanol–water partition coefficient (Wildman–Crippen LogP) is 1.32. The predicted molar refractivity (Wildman–Crippen MR) is 85.1 cm³/mol. The number of carboxylic acid groups (broad SMARTS) is 2. The number of hydrogen-bond acceptors (Lipinski definition) is 4. The van der Waals surface area contributed by atoms with E-state index in [0.29, 0.717) is 25.2 Å². The summed E-state index contributed by atoms with van der Waals surface area (Å²) in [5, 5.41) is 19.0. The van der Waals surface area contributed by atoms with Crippen LogP contribution in [0.2, 0.25) is 0 Å². The molecule has 3 N–H and O–H groups in total. The number of carboxylic acids is 1. The Bertz CT molecular complexity index is 407. The van der Waals surface area contributed by atoms with E-state index < -0.39 is 11.5 Å². The molecule has 0 spiro atoms. The number of aliphatic carboxylic acids is 1. The van der Waals surface area contributed by atoms with E-state index in [1.807, 2.05) is 0 Å². The van der Waals surface area contributed by atoms with Gasteiger partial charge in [-0.15, -0.1) is 0 Å². The molecule has 1 aliphatic carbocycles. The van der Waals surface area contributed by atoms with Crippen LogP contribution in [0.25, 0.3) is 0 Å². The van der Waals surface area contributed by atoms with Crippen LogP contribution < -0.4 is 5.32 Å². The topological polar surface area (TPSA) is 107 Å². The van der Waals surface area contributed by atoms with E-state index in [1.54, 1.807) is 0 Å². The maximum atomic E-state index is 12.0. The van der Waals surface area contributed by atoms with E-state index in [2.05, 4.69) is 17.3 Å². The van der Waals surface area contributed by atoms with E-state index in [-0.39, 0.29) is 12.4 Å². The third kappa shape index (κ3) is 6.17. The first kappa shape index (κ1) is 19.4. The zero-order valence-corrected chi connectivity index (χ0v) is 13.8. The quantitative estimate of drug-likeness (QED) is 0.657. The minimum absolute atomic E-state index is 0.0949. The lowest BCUT2D eigenvalue weighted by Gasteiger charge is -2.30. The van der Waals surface area contributed by atoms with Crippen molar-refractivity contribution in [2.24, 2.45) is 5.92 Å². The fraction of sp³-hybridized carbons (Fsp3) is 0.812. The highest BCUT2D eigenvalue weighted by Crippen LogP contribution is 2.30. The molecule has 2 aliphatic rings. The van der Waals surface area contributed by atoms with Gasteiger partial charge in [0.2, 0.25) is 5.91 Å². The number of likely N-dealkylation sites (tertiary alicyclic amines) is 1. The molecule has 2 fully saturated rings. The summed E-state index contributed by atoms with van der Waals surface area (Å²) in [6.07, 6.45) is 6.61. The van der Waals surface area contributed by atoms with Crippen molar-refractivity contribution in [2.45, 2.75) is 56.9 Å². The molecule has 1 atom stereocenters. The molecule has 0 aromatic heterocycles. The van der Waals surface area contributed by atoms with Crippen LogP contribution in [-0.4, -0.2) is 59.1 Å². The van der Waals surface area contributed by atoms with E-state index in [4.69, 9.17) is 9.90 Å². The zero-order chi connectivity index (χ0) is 17.3. The minimum atomic E-state index is -0.986. The van der Waals surface area contributed by atoms with Gasteiger partial charge in [-0.3, -0.25) is 9.59 Å². The average Bonchev–Trinajstić information content (AvgIpc) is 2.96. The van der Waals surface area contributed by atoms with Crippen LogP contribution in [-0.2, 0) is 14.4 Å². The number of hydrogen-bond donors (Lipinski definition) is 3. The molecule has 0 radical (unpaired) electrons. The summed E-state index contributed by atoms with van der Waals surface area (Å²) in [6, 6.07) is 0. The van der Waals surface area contributed by atoms with Crippen LogP contribution in [0.3, 0.4) is 0 Å². The van der Waals surface area contributed by atoms with Crippen molar-refractivity contribution < 1.29 is 24.6 Å². The Morgan fingerprint density at radius 1 is 1.30 bits per heavy atom. The Labute approximate surface area is 137 Å². The number of nitrogens with one attached hydrogen (secondary N) is 1. The SMILES string of the molecule is CN1CCCC(CCC(=O)NC2(C(=O)O)CCCC2)C1.O=CO. The van der Waals surface area contributed by atoms with Crippen LogP contribution in [0.15, 0.2) is 0 Å². The summed E-state index contributed by atoms with van der Waals surface area (Å²) in [4.78, 5) is 34.1. The minimum Gasteiger partial charge on any atom is -0.483 e. The van der Waals surface area contributed by atoms with Crippen LogP contribution >= 0.6 is 0 Å². The summed E-state index contributed by atoms with van der Waals surface area (Å²) in [5.74, 6) is -0.396. The van der Waals surface area contributed by atoms with Gasteiger partial charge < -0.3 is 20.4 Å². The van der Waals surface area contributed by atoms with E-state index in [9.17, 15) is 14.7 Å². The van der Waals surface area contributed by atoms with Gasteiger partial charge in [0.1, 0.15) is 5.54 Å². The summed E-state index contributed by atoms with van der Waals surface area (Å²) in [7, 11) is 2.12. The number of rotatable bonds is 5. The molecule has 7 heteroatoms. The second-order valence-electron chi connectivity index (χ2n) is 6.56. The second kappa shape index (κ2) is 9.50. The first-order valence-corrected chi connectivity index (χ1v) is 8.24. The number of carbonyl (C=O) groups is 3. The molecule has 1 aliphatic heterocycles. The van der Waals surface area contributed by atoms with Crippen LogP contribution in [0.1, 0.15) is 51.4 Å². The molecule has 0 aromatic rings. The van der Waals surface area contributed by atoms with Crippen molar-refractivity contribution in [1.82, 2.24) is 10.2 Å². The van der Waals surface area contributed by atoms with Crippen molar-refractivity contribution in [3.63, 3.8) is 0 Å². The first-order valence-electron chi connectivity index (χ1n) is 8.24. The lowest BCUT2D eigenvalue weighted by atomic mass is 9.92. The number of carbonyl (C=O) groups excluding carboxylic acids is 1. The largest absolute Gasteiger partial charge is 0.483 e. The second-order valence-corrected chi connectivity index (χ2v) is 6.56. The lowest BCUT2D eigenvalue weighted by molar-refractivity contribution is -0.147. The molecule has 2 rings (SSSR count). The van der Waals surface area contributed by atoms with Crippen molar-refractivity contribution in [1.29, 1.82) is 0 Å². The van der Waals surface area contributed by atoms with Crippen molar-refractivity contribution in [2.75, 3.05) is 20.1 Å². The summed E-state index contributed by atoms with van der Waals surface area (Å²) < 4.78 is 0. The Balaban J connectivity index is 0.000000816. The third-order valence-electron chi connectivity index (χ3n) is 4.75. The van der Waals surface area contributed by atoms with Gasteiger partial charge >= 0.3 is 5.97 Å². The van der Waals surface area contributed by atoms with Crippen molar-refractivity contribution in [3.8, 4) is 0 Å². The van der Waals surface area contributed by atoms with E-state index >= 15 is 0 Å². The van der Waals surface area contributed by atoms with Gasteiger partial charge in [0.15, 0.2) is 0 Å². The Hall–Kier alpha value is -1.63. The molecule has 0 aromatic carbocycles. The highest BCUT2D eigenvalue weighted by atomic mass is 16.4. The number of nitrogens with zero attached hydrogens (tertiary/aromatic N) is 1. The maximum absolute atomic E-state index is 12.0. The molecule has 0 bridgehead atoms. The maximum Gasteiger partial charge on any atom is 0.329 e. The number of amides is 1. The average molecular weight is 328 g/mol. The van der Waals surface area contributed by atoms with Gasteiger partial charge in [-0.1, -0.05) is 12.8 Å². The van der Waals surface area contributed by atoms with Crippen molar-refractivity contribution in [3.05, 3.63) is 0 Å². The fourth-order valence-electron chi connectivity index (χ4n) is 3.54. The summed E-state index contributed by atoms with van der Waals surface area (Å²) in [6.45, 7) is 1.95. The van der Waals surface area contributed by atoms with Crippen LogP contribution in [0.4, 0.5) is 0 Å². The molecule has 132 valence electrons. The Morgan fingerprint density at radius 3 is 2.43 bits per heavy atom. The van der Waals surface area contributed by atoms with E-state index in [1.165, 1.54) is 12.8 Å². The summed E-state index contributed by atoms with van der Waals surface area (Å²) >= 11 is 0. The molecular weight excluding hydrogens is 300 g/mol. The van der Waals surface area contributed by atoms with Gasteiger partial charge in [0.25, 0.3) is 6.47 Å². The molecule has 7 nitrogen and oxygen atoms in total. The molecule has 1 amide bonds. The van der Waals surface area contributed by atoms with Gasteiger partial charge in [0, 0.05) is 13.0 Å². The molecule has 23 heavy (non-hydrogen) atoms. The normalized spacial score (nSPS) is 23.4. The van der Waals surface area contributed by atoms with E-state index in [0.717, 1.165) is 32.4 Å². The summed E-state index contributed by atoms with van der Waals surface area (Å²) in [5.41, 5.74) is -0.986. The van der Waals surface area contributed by atoms with Gasteiger partial charge in [-0.25, -0.2) is 4.79 Å². The molecule has 1 unspecified atom stereocenters. The molecular formula is C16H28N2O5.